The van der Waals surface area contributed by atoms with Crippen LogP contribution in [0, 0.1) is 5.92 Å². The number of hydrogen-bond acceptors (Lipinski definition) is 3. The zero-order valence-corrected chi connectivity index (χ0v) is 10.3. The Morgan fingerprint density at radius 1 is 1.27 bits per heavy atom. The molecule has 0 saturated heterocycles. The molecule has 3 nitrogen and oxygen atoms in total. The van der Waals surface area contributed by atoms with Gasteiger partial charge >= 0.3 is 0 Å². The average molecular weight is 212 g/mol. The highest BCUT2D eigenvalue weighted by Crippen LogP contribution is 2.05. The van der Waals surface area contributed by atoms with Crippen LogP contribution in [0.15, 0.2) is 12.2 Å². The first kappa shape index (κ1) is 14.3. The van der Waals surface area contributed by atoms with E-state index in [4.69, 9.17) is 5.73 Å². The number of hydrogen-bond donors (Lipinski definition) is 2. The van der Waals surface area contributed by atoms with E-state index in [1.165, 1.54) is 0 Å². The Morgan fingerprint density at radius 3 is 2.27 bits per heavy atom. The van der Waals surface area contributed by atoms with E-state index in [1.54, 1.807) is 0 Å². The minimum atomic E-state index is -0.0761. The molecule has 0 unspecified atom stereocenters. The Hall–Kier alpha value is -0.670. The number of carbonyl (C=O) groups excluding carboxylic acids is 1. The zero-order valence-electron chi connectivity index (χ0n) is 10.3. The maximum Gasteiger partial charge on any atom is 0.152 e. The van der Waals surface area contributed by atoms with Crippen molar-refractivity contribution in [2.24, 2.45) is 11.7 Å². The van der Waals surface area contributed by atoms with Crippen molar-refractivity contribution < 1.29 is 4.79 Å². The van der Waals surface area contributed by atoms with E-state index >= 15 is 0 Å². The molecule has 0 amide bonds. The number of ketones is 1. The molecule has 0 aliphatic carbocycles. The van der Waals surface area contributed by atoms with E-state index in [-0.39, 0.29) is 17.7 Å². The fourth-order valence-electron chi connectivity index (χ4n) is 1.40. The van der Waals surface area contributed by atoms with Crippen molar-refractivity contribution in [3.63, 3.8) is 0 Å². The molecule has 0 aliphatic heterocycles. The van der Waals surface area contributed by atoms with Gasteiger partial charge in [0.05, 0.1) is 6.04 Å². The lowest BCUT2D eigenvalue weighted by Gasteiger charge is -2.20. The Kier molecular flexibility index (Phi) is 7.26. The first-order chi connectivity index (χ1) is 6.99. The molecular weight excluding hydrogens is 188 g/mol. The molecular formula is C12H24N2O. The second-order valence-electron chi connectivity index (χ2n) is 4.37. The molecule has 0 fully saturated rings. The van der Waals surface area contributed by atoms with Gasteiger partial charge in [0.1, 0.15) is 0 Å². The average Bonchev–Trinajstić information content (AvgIpc) is 2.14. The fourth-order valence-corrected chi connectivity index (χ4v) is 1.40. The first-order valence-corrected chi connectivity index (χ1v) is 5.63. The summed E-state index contributed by atoms with van der Waals surface area (Å²) in [4.78, 5) is 11.8. The maximum absolute atomic E-state index is 11.8. The van der Waals surface area contributed by atoms with Gasteiger partial charge in [0.15, 0.2) is 5.78 Å². The van der Waals surface area contributed by atoms with Crippen LogP contribution >= 0.6 is 0 Å². The molecule has 0 saturated carbocycles. The third-order valence-electron chi connectivity index (χ3n) is 2.12. The Balaban J connectivity index is 4.30. The highest BCUT2D eigenvalue weighted by molar-refractivity contribution is 5.85. The molecule has 0 spiro atoms. The van der Waals surface area contributed by atoms with Gasteiger partial charge in [0, 0.05) is 18.5 Å². The molecule has 1 atom stereocenters. The summed E-state index contributed by atoms with van der Waals surface area (Å²) in [6.07, 6.45) is 4.59. The third kappa shape index (κ3) is 6.42. The number of rotatable bonds is 7. The summed E-state index contributed by atoms with van der Waals surface area (Å²) in [5.74, 6) is 0.345. The van der Waals surface area contributed by atoms with Crippen molar-refractivity contribution in [3.8, 4) is 0 Å². The van der Waals surface area contributed by atoms with Crippen LogP contribution < -0.4 is 11.1 Å². The molecule has 0 aromatic rings. The lowest BCUT2D eigenvalue weighted by atomic mass is 9.98. The summed E-state index contributed by atoms with van der Waals surface area (Å²) in [7, 11) is 0. The second kappa shape index (κ2) is 7.60. The number of Topliss-reactive ketones (excluding diaryl/α,β-unsaturated/α-hetero) is 1. The molecule has 0 aromatic heterocycles. The van der Waals surface area contributed by atoms with Crippen molar-refractivity contribution in [1.82, 2.24) is 5.32 Å². The Morgan fingerprint density at radius 2 is 1.87 bits per heavy atom. The molecule has 0 radical (unpaired) electrons. The third-order valence-corrected chi connectivity index (χ3v) is 2.12. The SMILES string of the molecule is CC(C)N[C@@H](C/C=C/CN)C(=O)C(C)C. The number of nitrogens with two attached hydrogens (primary N) is 1. The van der Waals surface area contributed by atoms with Gasteiger partial charge in [-0.05, 0) is 6.42 Å². The van der Waals surface area contributed by atoms with Crippen LogP contribution in [0.3, 0.4) is 0 Å². The highest BCUT2D eigenvalue weighted by atomic mass is 16.1. The van der Waals surface area contributed by atoms with Gasteiger partial charge in [-0.2, -0.15) is 0 Å². The quantitative estimate of drug-likeness (QED) is 0.629. The minimum absolute atomic E-state index is 0.0761. The molecule has 0 aliphatic rings. The van der Waals surface area contributed by atoms with E-state index in [0.717, 1.165) is 6.42 Å². The van der Waals surface area contributed by atoms with Gasteiger partial charge in [-0.15, -0.1) is 0 Å². The van der Waals surface area contributed by atoms with Crippen LogP contribution in [-0.4, -0.2) is 24.4 Å². The van der Waals surface area contributed by atoms with Crippen LogP contribution in [0.1, 0.15) is 34.1 Å². The summed E-state index contributed by atoms with van der Waals surface area (Å²) in [6, 6.07) is 0.247. The smallest absolute Gasteiger partial charge is 0.152 e. The standard InChI is InChI=1S/C12H24N2O/c1-9(2)12(15)11(14-10(3)4)7-5-6-8-13/h5-6,9-11,14H,7-8,13H2,1-4H3/b6-5+/t11-/m0/s1. The Bertz CT molecular complexity index is 210. The normalized spacial score (nSPS) is 14.1. The van der Waals surface area contributed by atoms with Crippen molar-refractivity contribution in [2.75, 3.05) is 6.54 Å². The van der Waals surface area contributed by atoms with Gasteiger partial charge < -0.3 is 11.1 Å². The maximum atomic E-state index is 11.8. The Labute approximate surface area is 93.1 Å². The highest BCUT2D eigenvalue weighted by Gasteiger charge is 2.20. The first-order valence-electron chi connectivity index (χ1n) is 5.63. The van der Waals surface area contributed by atoms with Gasteiger partial charge in [-0.25, -0.2) is 0 Å². The largest absolute Gasteiger partial charge is 0.327 e. The minimum Gasteiger partial charge on any atom is -0.327 e. The van der Waals surface area contributed by atoms with E-state index in [1.807, 2.05) is 39.8 Å². The summed E-state index contributed by atoms with van der Waals surface area (Å²) >= 11 is 0. The van der Waals surface area contributed by atoms with Crippen LogP contribution in [0.2, 0.25) is 0 Å². The summed E-state index contributed by atoms with van der Waals surface area (Å²) in [5, 5.41) is 3.28. The topological polar surface area (TPSA) is 55.1 Å². The van der Waals surface area contributed by atoms with E-state index in [2.05, 4.69) is 5.32 Å². The van der Waals surface area contributed by atoms with Gasteiger partial charge in [0.2, 0.25) is 0 Å². The molecule has 15 heavy (non-hydrogen) atoms. The van der Waals surface area contributed by atoms with Gasteiger partial charge in [-0.3, -0.25) is 4.79 Å². The predicted molar refractivity (Wildman–Crippen MR) is 64.7 cm³/mol. The number of carbonyl (C=O) groups is 1. The van der Waals surface area contributed by atoms with Crippen molar-refractivity contribution in [1.29, 1.82) is 0 Å². The predicted octanol–water partition coefficient (Wildman–Crippen LogP) is 1.48. The molecule has 0 bridgehead atoms. The zero-order chi connectivity index (χ0) is 11.8. The molecule has 0 rings (SSSR count). The molecule has 88 valence electrons. The lowest BCUT2D eigenvalue weighted by molar-refractivity contribution is -0.124. The van der Waals surface area contributed by atoms with Crippen molar-refractivity contribution in [3.05, 3.63) is 12.2 Å². The van der Waals surface area contributed by atoms with E-state index in [9.17, 15) is 4.79 Å². The van der Waals surface area contributed by atoms with Crippen molar-refractivity contribution >= 4 is 5.78 Å². The molecule has 0 aromatic carbocycles. The monoisotopic (exact) mass is 212 g/mol. The van der Waals surface area contributed by atoms with Gasteiger partial charge in [-0.1, -0.05) is 39.8 Å². The van der Waals surface area contributed by atoms with Crippen LogP contribution in [0.4, 0.5) is 0 Å². The van der Waals surface area contributed by atoms with E-state index in [0.29, 0.717) is 12.6 Å². The van der Waals surface area contributed by atoms with Gasteiger partial charge in [0.25, 0.3) is 0 Å². The summed E-state index contributed by atoms with van der Waals surface area (Å²) < 4.78 is 0. The molecule has 0 heterocycles. The van der Waals surface area contributed by atoms with Crippen LogP contribution in [0.5, 0.6) is 0 Å². The summed E-state index contributed by atoms with van der Waals surface area (Å²) in [5.41, 5.74) is 5.36. The van der Waals surface area contributed by atoms with Crippen LogP contribution in [0.25, 0.3) is 0 Å². The molecule has 3 N–H and O–H groups in total. The number of nitrogens with one attached hydrogen (secondary N) is 1. The lowest BCUT2D eigenvalue weighted by Crippen LogP contribution is -2.42. The fraction of sp³-hybridized carbons (Fsp3) is 0.750. The van der Waals surface area contributed by atoms with Crippen LogP contribution in [-0.2, 0) is 4.79 Å². The van der Waals surface area contributed by atoms with Crippen molar-refractivity contribution in [2.45, 2.75) is 46.2 Å². The second-order valence-corrected chi connectivity index (χ2v) is 4.37. The molecule has 3 heteroatoms. The van der Waals surface area contributed by atoms with E-state index < -0.39 is 0 Å². The summed E-state index contributed by atoms with van der Waals surface area (Å²) in [6.45, 7) is 8.50.